The third-order valence-corrected chi connectivity index (χ3v) is 2.47. The van der Waals surface area contributed by atoms with E-state index in [0.29, 0.717) is 5.92 Å². The molecule has 0 radical (unpaired) electrons. The van der Waals surface area contributed by atoms with E-state index in [9.17, 15) is 0 Å². The van der Waals surface area contributed by atoms with Crippen molar-refractivity contribution in [2.75, 3.05) is 7.05 Å². The van der Waals surface area contributed by atoms with Crippen molar-refractivity contribution in [1.82, 2.24) is 4.98 Å². The molecule has 0 bridgehead atoms. The number of hydrogen-bond acceptors (Lipinski definition) is 2. The third-order valence-electron chi connectivity index (χ3n) is 2.47. The van der Waals surface area contributed by atoms with Gasteiger partial charge >= 0.3 is 0 Å². The largest absolute Gasteiger partial charge is 0.290 e. The molecule has 1 heterocycles. The molecule has 0 amide bonds. The number of aromatic nitrogens is 1. The van der Waals surface area contributed by atoms with Crippen LogP contribution in [0.3, 0.4) is 0 Å². The van der Waals surface area contributed by atoms with Gasteiger partial charge in [-0.15, -0.1) is 6.58 Å². The van der Waals surface area contributed by atoms with E-state index in [4.69, 9.17) is 0 Å². The topological polar surface area (TPSA) is 25.2 Å². The first-order valence-corrected chi connectivity index (χ1v) is 5.26. The van der Waals surface area contributed by atoms with Gasteiger partial charge in [-0.05, 0) is 25.5 Å². The van der Waals surface area contributed by atoms with Gasteiger partial charge in [0.1, 0.15) is 0 Å². The maximum atomic E-state index is 4.48. The molecule has 1 aromatic heterocycles. The summed E-state index contributed by atoms with van der Waals surface area (Å²) in [6.07, 6.45) is 2.94. The number of rotatable bonds is 4. The first kappa shape index (κ1) is 11.6. The summed E-state index contributed by atoms with van der Waals surface area (Å²) in [5.41, 5.74) is 3.01. The predicted octanol–water partition coefficient (Wildman–Crippen LogP) is 3.02. The van der Waals surface area contributed by atoms with Gasteiger partial charge in [-0.1, -0.05) is 19.1 Å². The quantitative estimate of drug-likeness (QED) is 0.544. The second kappa shape index (κ2) is 5.44. The zero-order chi connectivity index (χ0) is 11.3. The zero-order valence-corrected chi connectivity index (χ0v) is 9.70. The highest BCUT2D eigenvalue weighted by molar-refractivity contribution is 6.01. The fourth-order valence-corrected chi connectivity index (χ4v) is 1.63. The van der Waals surface area contributed by atoms with E-state index in [1.165, 1.54) is 0 Å². The Bertz CT molecular complexity index is 367. The van der Waals surface area contributed by atoms with Gasteiger partial charge in [0.25, 0.3) is 0 Å². The van der Waals surface area contributed by atoms with E-state index in [0.717, 1.165) is 23.5 Å². The first-order chi connectivity index (χ1) is 7.22. The normalized spacial score (nSPS) is 13.7. The summed E-state index contributed by atoms with van der Waals surface area (Å²) >= 11 is 0. The standard InChI is InChI=1S/C13H18N2/c1-5-11(6-2)13(14-4)12-9-7-8-10(3)15-12/h5,7-9,11H,1,6H2,2-4H3. The average Bonchev–Trinajstić information content (AvgIpc) is 2.25. The smallest absolute Gasteiger partial charge is 0.0849 e. The molecule has 0 aliphatic heterocycles. The lowest BCUT2D eigenvalue weighted by Gasteiger charge is -2.12. The van der Waals surface area contributed by atoms with Crippen LogP contribution in [0.15, 0.2) is 35.8 Å². The van der Waals surface area contributed by atoms with E-state index >= 15 is 0 Å². The van der Waals surface area contributed by atoms with Gasteiger partial charge in [-0.25, -0.2) is 0 Å². The molecule has 1 unspecified atom stereocenters. The minimum absolute atomic E-state index is 0.296. The molecule has 0 aromatic carbocycles. The van der Waals surface area contributed by atoms with Crippen LogP contribution in [-0.2, 0) is 0 Å². The molecular weight excluding hydrogens is 184 g/mol. The van der Waals surface area contributed by atoms with Crippen LogP contribution < -0.4 is 0 Å². The third kappa shape index (κ3) is 2.75. The maximum absolute atomic E-state index is 4.48. The van der Waals surface area contributed by atoms with Crippen LogP contribution in [0.5, 0.6) is 0 Å². The lowest BCUT2D eigenvalue weighted by Crippen LogP contribution is -2.14. The Kier molecular flexibility index (Phi) is 4.22. The molecular formula is C13H18N2. The van der Waals surface area contributed by atoms with Gasteiger partial charge < -0.3 is 0 Å². The molecule has 80 valence electrons. The number of aliphatic imine (C=N–C) groups is 1. The molecule has 15 heavy (non-hydrogen) atoms. The highest BCUT2D eigenvalue weighted by Crippen LogP contribution is 2.13. The molecule has 0 saturated carbocycles. The number of hydrogen-bond donors (Lipinski definition) is 0. The Balaban J connectivity index is 3.08. The second-order valence-electron chi connectivity index (χ2n) is 3.52. The summed E-state index contributed by atoms with van der Waals surface area (Å²) in [5.74, 6) is 0.296. The molecule has 1 aromatic rings. The average molecular weight is 202 g/mol. The Morgan fingerprint density at radius 1 is 1.60 bits per heavy atom. The molecule has 0 spiro atoms. The summed E-state index contributed by atoms with van der Waals surface area (Å²) in [5, 5.41) is 0. The first-order valence-electron chi connectivity index (χ1n) is 5.26. The molecule has 2 nitrogen and oxygen atoms in total. The van der Waals surface area contributed by atoms with Crippen LogP contribution in [0.4, 0.5) is 0 Å². The lowest BCUT2D eigenvalue weighted by molar-refractivity contribution is 0.812. The van der Waals surface area contributed by atoms with Crippen LogP contribution in [0.1, 0.15) is 24.7 Å². The van der Waals surface area contributed by atoms with Gasteiger partial charge in [0.15, 0.2) is 0 Å². The Morgan fingerprint density at radius 3 is 2.80 bits per heavy atom. The molecule has 0 fully saturated rings. The SMILES string of the molecule is C=CC(CC)C(=NC)c1cccc(C)n1. The Hall–Kier alpha value is -1.44. The fraction of sp³-hybridized carbons (Fsp3) is 0.385. The summed E-state index contributed by atoms with van der Waals surface area (Å²) in [6, 6.07) is 6.01. The minimum atomic E-state index is 0.296. The molecule has 1 rings (SSSR count). The Morgan fingerprint density at radius 2 is 2.33 bits per heavy atom. The minimum Gasteiger partial charge on any atom is -0.290 e. The van der Waals surface area contributed by atoms with Crippen LogP contribution >= 0.6 is 0 Å². The van der Waals surface area contributed by atoms with Gasteiger partial charge in [0.2, 0.25) is 0 Å². The molecule has 0 aliphatic rings. The van der Waals surface area contributed by atoms with Gasteiger partial charge in [-0.2, -0.15) is 0 Å². The molecule has 0 saturated heterocycles. The monoisotopic (exact) mass is 202 g/mol. The summed E-state index contributed by atoms with van der Waals surface area (Å²) in [7, 11) is 1.81. The molecule has 0 N–H and O–H groups in total. The molecule has 1 atom stereocenters. The summed E-state index contributed by atoms with van der Waals surface area (Å²) < 4.78 is 0. The van der Waals surface area contributed by atoms with Crippen LogP contribution in [0.2, 0.25) is 0 Å². The highest BCUT2D eigenvalue weighted by Gasteiger charge is 2.12. The highest BCUT2D eigenvalue weighted by atomic mass is 14.8. The number of aryl methyl sites for hydroxylation is 1. The van der Waals surface area contributed by atoms with E-state index in [1.807, 2.05) is 38.2 Å². The molecule has 2 heteroatoms. The number of pyridine rings is 1. The zero-order valence-electron chi connectivity index (χ0n) is 9.70. The van der Waals surface area contributed by atoms with Crippen molar-refractivity contribution in [2.45, 2.75) is 20.3 Å². The van der Waals surface area contributed by atoms with Crippen molar-refractivity contribution in [3.8, 4) is 0 Å². The summed E-state index contributed by atoms with van der Waals surface area (Å²) in [4.78, 5) is 8.81. The lowest BCUT2D eigenvalue weighted by atomic mass is 9.97. The van der Waals surface area contributed by atoms with Gasteiger partial charge in [-0.3, -0.25) is 9.98 Å². The van der Waals surface area contributed by atoms with Crippen LogP contribution in [0.25, 0.3) is 0 Å². The Labute approximate surface area is 91.8 Å². The van der Waals surface area contributed by atoms with Crippen molar-refractivity contribution in [3.63, 3.8) is 0 Å². The number of nitrogens with zero attached hydrogens (tertiary/aromatic N) is 2. The second-order valence-corrected chi connectivity index (χ2v) is 3.52. The van der Waals surface area contributed by atoms with E-state index < -0.39 is 0 Å². The maximum Gasteiger partial charge on any atom is 0.0849 e. The van der Waals surface area contributed by atoms with Crippen molar-refractivity contribution in [2.24, 2.45) is 10.9 Å². The van der Waals surface area contributed by atoms with Crippen molar-refractivity contribution in [3.05, 3.63) is 42.2 Å². The van der Waals surface area contributed by atoms with E-state index in [2.05, 4.69) is 23.5 Å². The predicted molar refractivity (Wildman–Crippen MR) is 65.4 cm³/mol. The van der Waals surface area contributed by atoms with Crippen molar-refractivity contribution in [1.29, 1.82) is 0 Å². The van der Waals surface area contributed by atoms with E-state index in [1.54, 1.807) is 0 Å². The molecule has 0 aliphatic carbocycles. The van der Waals surface area contributed by atoms with Gasteiger partial charge in [0.05, 0.1) is 11.4 Å². The van der Waals surface area contributed by atoms with Gasteiger partial charge in [0, 0.05) is 18.7 Å². The van der Waals surface area contributed by atoms with Crippen molar-refractivity contribution >= 4 is 5.71 Å². The van der Waals surface area contributed by atoms with Crippen molar-refractivity contribution < 1.29 is 0 Å². The summed E-state index contributed by atoms with van der Waals surface area (Å²) in [6.45, 7) is 7.96. The van der Waals surface area contributed by atoms with Crippen LogP contribution in [0, 0.1) is 12.8 Å². The van der Waals surface area contributed by atoms with E-state index in [-0.39, 0.29) is 0 Å². The number of allylic oxidation sites excluding steroid dienone is 1. The van der Waals surface area contributed by atoms with Crippen LogP contribution in [-0.4, -0.2) is 17.7 Å². The fourth-order valence-electron chi connectivity index (χ4n) is 1.63.